The van der Waals surface area contributed by atoms with E-state index in [2.05, 4.69) is 39.5 Å². The van der Waals surface area contributed by atoms with Gasteiger partial charge in [0.1, 0.15) is 5.69 Å². The number of amides is 1. The molecule has 0 unspecified atom stereocenters. The number of nitrogens with one attached hydrogen (secondary N) is 1. The fourth-order valence-corrected chi connectivity index (χ4v) is 3.46. The summed E-state index contributed by atoms with van der Waals surface area (Å²) in [5.41, 5.74) is 6.08. The highest BCUT2D eigenvalue weighted by atomic mass is 16.1. The number of pyridine rings is 1. The van der Waals surface area contributed by atoms with E-state index in [0.717, 1.165) is 36.6 Å². The number of fused-ring (bicyclic) bond motifs is 1. The molecule has 0 saturated carbocycles. The van der Waals surface area contributed by atoms with E-state index in [1.54, 1.807) is 12.3 Å². The third-order valence-electron chi connectivity index (χ3n) is 5.12. The number of aromatic nitrogens is 1. The van der Waals surface area contributed by atoms with Gasteiger partial charge in [-0.2, -0.15) is 0 Å². The average molecular weight is 372 g/mol. The molecule has 0 spiro atoms. The lowest BCUT2D eigenvalue weighted by Crippen LogP contribution is -2.30. The first-order valence-electron chi connectivity index (χ1n) is 9.47. The average Bonchev–Trinajstić information content (AvgIpc) is 2.74. The molecule has 1 aromatic heterocycles. The van der Waals surface area contributed by atoms with E-state index < -0.39 is 0 Å². The van der Waals surface area contributed by atoms with Crippen LogP contribution in [0.25, 0.3) is 0 Å². The molecule has 0 saturated heterocycles. The monoisotopic (exact) mass is 372 g/mol. The molecule has 0 aliphatic carbocycles. The highest BCUT2D eigenvalue weighted by molar-refractivity contribution is 6.03. The van der Waals surface area contributed by atoms with Crippen molar-refractivity contribution in [1.29, 1.82) is 0 Å². The van der Waals surface area contributed by atoms with Crippen LogP contribution in [0.4, 0.5) is 17.1 Å². The minimum atomic E-state index is -0.201. The smallest absolute Gasteiger partial charge is 0.274 e. The standard InChI is InChI=1S/C23H24N4O/c1-26(2)20-9-7-19(8-10-20)25-23(28)22-12-11-21(15-24-22)27-14-13-17-5-3-4-6-18(17)16-27/h3-12,15H,13-14,16H2,1-2H3,(H,25,28). The van der Waals surface area contributed by atoms with E-state index in [4.69, 9.17) is 0 Å². The Labute approximate surface area is 165 Å². The molecule has 0 fully saturated rings. The molecule has 0 bridgehead atoms. The van der Waals surface area contributed by atoms with Gasteiger partial charge in [0.25, 0.3) is 5.91 Å². The molecule has 5 nitrogen and oxygen atoms in total. The highest BCUT2D eigenvalue weighted by Gasteiger charge is 2.17. The molecule has 1 amide bonds. The molecule has 4 rings (SSSR count). The van der Waals surface area contributed by atoms with Crippen LogP contribution in [-0.2, 0) is 13.0 Å². The van der Waals surface area contributed by atoms with Crippen molar-refractivity contribution in [3.8, 4) is 0 Å². The van der Waals surface area contributed by atoms with Gasteiger partial charge in [0.2, 0.25) is 0 Å². The van der Waals surface area contributed by atoms with Crippen LogP contribution >= 0.6 is 0 Å². The molecule has 1 aliphatic rings. The van der Waals surface area contributed by atoms with E-state index in [-0.39, 0.29) is 5.91 Å². The topological polar surface area (TPSA) is 48.5 Å². The lowest BCUT2D eigenvalue weighted by molar-refractivity contribution is 0.102. The first-order chi connectivity index (χ1) is 13.6. The molecule has 3 aromatic rings. The van der Waals surface area contributed by atoms with Gasteiger partial charge in [-0.25, -0.2) is 4.98 Å². The summed E-state index contributed by atoms with van der Waals surface area (Å²) in [6.07, 6.45) is 2.82. The summed E-state index contributed by atoms with van der Waals surface area (Å²) >= 11 is 0. The van der Waals surface area contributed by atoms with Crippen molar-refractivity contribution in [2.24, 2.45) is 0 Å². The molecule has 5 heteroatoms. The summed E-state index contributed by atoms with van der Waals surface area (Å²) in [7, 11) is 3.97. The number of rotatable bonds is 4. The summed E-state index contributed by atoms with van der Waals surface area (Å²) in [4.78, 5) is 21.2. The van der Waals surface area contributed by atoms with Crippen LogP contribution in [0, 0.1) is 0 Å². The number of nitrogens with zero attached hydrogens (tertiary/aromatic N) is 3. The van der Waals surface area contributed by atoms with Crippen LogP contribution in [0.3, 0.4) is 0 Å². The summed E-state index contributed by atoms with van der Waals surface area (Å²) in [6.45, 7) is 1.84. The molecule has 0 radical (unpaired) electrons. The first-order valence-corrected chi connectivity index (χ1v) is 9.47. The van der Waals surface area contributed by atoms with Crippen molar-refractivity contribution in [1.82, 2.24) is 4.98 Å². The summed E-state index contributed by atoms with van der Waals surface area (Å²) in [6, 6.07) is 20.1. The number of carbonyl (C=O) groups is 1. The van der Waals surface area contributed by atoms with Gasteiger partial charge in [-0.15, -0.1) is 0 Å². The van der Waals surface area contributed by atoms with Gasteiger partial charge < -0.3 is 15.1 Å². The molecule has 142 valence electrons. The molecule has 1 N–H and O–H groups in total. The normalized spacial score (nSPS) is 13.0. The van der Waals surface area contributed by atoms with E-state index in [1.165, 1.54) is 11.1 Å². The molecule has 0 atom stereocenters. The van der Waals surface area contributed by atoms with Gasteiger partial charge in [0, 0.05) is 38.6 Å². The van der Waals surface area contributed by atoms with Crippen molar-refractivity contribution < 1.29 is 4.79 Å². The number of benzene rings is 2. The molecule has 2 aromatic carbocycles. The second kappa shape index (κ2) is 7.72. The highest BCUT2D eigenvalue weighted by Crippen LogP contribution is 2.24. The third kappa shape index (κ3) is 3.83. The fraction of sp³-hybridized carbons (Fsp3) is 0.217. The second-order valence-corrected chi connectivity index (χ2v) is 7.24. The first kappa shape index (κ1) is 18.0. The minimum absolute atomic E-state index is 0.201. The fourth-order valence-electron chi connectivity index (χ4n) is 3.46. The largest absolute Gasteiger partial charge is 0.378 e. The van der Waals surface area contributed by atoms with Crippen LogP contribution in [0.1, 0.15) is 21.6 Å². The maximum absolute atomic E-state index is 12.5. The maximum atomic E-state index is 12.5. The Morgan fingerprint density at radius 2 is 1.75 bits per heavy atom. The molecular weight excluding hydrogens is 348 g/mol. The minimum Gasteiger partial charge on any atom is -0.378 e. The van der Waals surface area contributed by atoms with Crippen LogP contribution in [0.15, 0.2) is 66.9 Å². The van der Waals surface area contributed by atoms with Crippen molar-refractivity contribution in [2.75, 3.05) is 35.8 Å². The summed E-state index contributed by atoms with van der Waals surface area (Å²) in [5, 5.41) is 2.90. The van der Waals surface area contributed by atoms with Crippen LogP contribution in [-0.4, -0.2) is 31.5 Å². The van der Waals surface area contributed by atoms with Crippen molar-refractivity contribution in [2.45, 2.75) is 13.0 Å². The number of anilines is 3. The Morgan fingerprint density at radius 1 is 1.00 bits per heavy atom. The molecular formula is C23H24N4O. The van der Waals surface area contributed by atoms with E-state index in [9.17, 15) is 4.79 Å². The van der Waals surface area contributed by atoms with Crippen LogP contribution in [0.5, 0.6) is 0 Å². The van der Waals surface area contributed by atoms with Crippen LogP contribution < -0.4 is 15.1 Å². The zero-order valence-electron chi connectivity index (χ0n) is 16.2. The van der Waals surface area contributed by atoms with Crippen molar-refractivity contribution >= 4 is 23.0 Å². The Bertz CT molecular complexity index is 965. The van der Waals surface area contributed by atoms with Crippen molar-refractivity contribution in [3.63, 3.8) is 0 Å². The van der Waals surface area contributed by atoms with Gasteiger partial charge >= 0.3 is 0 Å². The Morgan fingerprint density at radius 3 is 2.43 bits per heavy atom. The maximum Gasteiger partial charge on any atom is 0.274 e. The Hall–Kier alpha value is -3.34. The zero-order chi connectivity index (χ0) is 19.5. The predicted octanol–water partition coefficient (Wildman–Crippen LogP) is 3.96. The summed E-state index contributed by atoms with van der Waals surface area (Å²) in [5.74, 6) is -0.201. The Balaban J connectivity index is 1.42. The van der Waals surface area contributed by atoms with Gasteiger partial charge in [-0.3, -0.25) is 4.79 Å². The zero-order valence-corrected chi connectivity index (χ0v) is 16.2. The quantitative estimate of drug-likeness (QED) is 0.753. The Kier molecular flexibility index (Phi) is 4.98. The number of hydrogen-bond donors (Lipinski definition) is 1. The van der Waals surface area contributed by atoms with Gasteiger partial charge in [0.05, 0.1) is 11.9 Å². The van der Waals surface area contributed by atoms with Crippen LogP contribution in [0.2, 0.25) is 0 Å². The SMILES string of the molecule is CN(C)c1ccc(NC(=O)c2ccc(N3CCc4ccccc4C3)cn2)cc1. The van der Waals surface area contributed by atoms with E-state index in [1.807, 2.05) is 49.3 Å². The number of carbonyl (C=O) groups excluding carboxylic acids is 1. The van der Waals surface area contributed by atoms with Gasteiger partial charge in [-0.1, -0.05) is 24.3 Å². The van der Waals surface area contributed by atoms with Gasteiger partial charge in [0.15, 0.2) is 0 Å². The molecule has 1 aliphatic heterocycles. The van der Waals surface area contributed by atoms with Gasteiger partial charge in [-0.05, 0) is 53.9 Å². The van der Waals surface area contributed by atoms with E-state index >= 15 is 0 Å². The molecule has 28 heavy (non-hydrogen) atoms. The lowest BCUT2D eigenvalue weighted by Gasteiger charge is -2.30. The molecule has 2 heterocycles. The third-order valence-corrected chi connectivity index (χ3v) is 5.12. The summed E-state index contributed by atoms with van der Waals surface area (Å²) < 4.78 is 0. The number of hydrogen-bond acceptors (Lipinski definition) is 4. The van der Waals surface area contributed by atoms with Crippen molar-refractivity contribution in [3.05, 3.63) is 83.7 Å². The second-order valence-electron chi connectivity index (χ2n) is 7.24. The predicted molar refractivity (Wildman–Crippen MR) is 114 cm³/mol. The van der Waals surface area contributed by atoms with E-state index in [0.29, 0.717) is 5.69 Å². The lowest BCUT2D eigenvalue weighted by atomic mass is 10.00.